The first kappa shape index (κ1) is 16.4. The maximum Gasteiger partial charge on any atom is 0.270 e. The third-order valence-corrected chi connectivity index (χ3v) is 2.96. The number of nitro groups is 1. The molecule has 0 heterocycles. The first-order chi connectivity index (χ1) is 9.56. The number of hydrogen-bond acceptors (Lipinski definition) is 5. The summed E-state index contributed by atoms with van der Waals surface area (Å²) in [6.45, 7) is 2.24. The van der Waals surface area contributed by atoms with Gasteiger partial charge in [-0.1, -0.05) is 6.42 Å². The van der Waals surface area contributed by atoms with Gasteiger partial charge in [-0.3, -0.25) is 10.1 Å². The molecule has 112 valence electrons. The van der Waals surface area contributed by atoms with E-state index in [1.54, 1.807) is 6.92 Å². The van der Waals surface area contributed by atoms with Crippen LogP contribution < -0.4 is 4.74 Å². The number of benzene rings is 1. The van der Waals surface area contributed by atoms with Crippen LogP contribution >= 0.6 is 0 Å². The lowest BCUT2D eigenvalue weighted by molar-refractivity contribution is -0.385. The minimum atomic E-state index is -0.820. The lowest BCUT2D eigenvalue weighted by atomic mass is 10.1. The Hall–Kier alpha value is -1.66. The van der Waals surface area contributed by atoms with Gasteiger partial charge < -0.3 is 14.9 Å². The van der Waals surface area contributed by atoms with Crippen LogP contribution in [0.3, 0.4) is 0 Å². The van der Waals surface area contributed by atoms with Gasteiger partial charge in [-0.2, -0.15) is 0 Å². The third kappa shape index (κ3) is 5.14. The predicted molar refractivity (Wildman–Crippen MR) is 74.8 cm³/mol. The van der Waals surface area contributed by atoms with Gasteiger partial charge in [0, 0.05) is 24.3 Å². The molecule has 0 fully saturated rings. The maximum atomic E-state index is 10.7. The Kier molecular flexibility index (Phi) is 6.97. The van der Waals surface area contributed by atoms with Crippen molar-refractivity contribution in [3.05, 3.63) is 33.9 Å². The summed E-state index contributed by atoms with van der Waals surface area (Å²) in [5.74, 6) is 0.479. The van der Waals surface area contributed by atoms with Crippen LogP contribution in [0.25, 0.3) is 0 Å². The molecule has 2 N–H and O–H groups in total. The fourth-order valence-electron chi connectivity index (χ4n) is 1.86. The highest BCUT2D eigenvalue weighted by atomic mass is 16.6. The van der Waals surface area contributed by atoms with Gasteiger partial charge in [0.05, 0.1) is 17.6 Å². The minimum Gasteiger partial charge on any atom is -0.493 e. The first-order valence-electron chi connectivity index (χ1n) is 6.76. The number of rotatable bonds is 9. The number of hydrogen-bond donors (Lipinski definition) is 2. The molecule has 6 nitrogen and oxygen atoms in total. The molecular weight excluding hydrogens is 262 g/mol. The lowest BCUT2D eigenvalue weighted by Crippen LogP contribution is -2.03. The minimum absolute atomic E-state index is 0.0591. The Labute approximate surface area is 118 Å². The number of nitrogens with zero attached hydrogens (tertiary/aromatic N) is 1. The third-order valence-electron chi connectivity index (χ3n) is 2.96. The molecule has 0 spiro atoms. The fraction of sp³-hybridized carbons (Fsp3) is 0.571. The van der Waals surface area contributed by atoms with Crippen LogP contribution in [0.2, 0.25) is 0 Å². The van der Waals surface area contributed by atoms with Crippen LogP contribution in [0, 0.1) is 10.1 Å². The average Bonchev–Trinajstić information content (AvgIpc) is 2.42. The number of non-ortho nitro benzene ring substituents is 1. The topological polar surface area (TPSA) is 92.8 Å². The molecule has 0 unspecified atom stereocenters. The van der Waals surface area contributed by atoms with E-state index in [2.05, 4.69) is 0 Å². The second-order valence-electron chi connectivity index (χ2n) is 4.64. The van der Waals surface area contributed by atoms with Crippen LogP contribution in [-0.2, 0) is 0 Å². The molecule has 0 bridgehead atoms. The normalized spacial score (nSPS) is 12.2. The van der Waals surface area contributed by atoms with Crippen molar-refractivity contribution in [1.82, 2.24) is 0 Å². The van der Waals surface area contributed by atoms with Crippen LogP contribution in [0.5, 0.6) is 5.75 Å². The Morgan fingerprint density at radius 1 is 1.30 bits per heavy atom. The molecule has 0 amide bonds. The number of aliphatic hydroxyl groups excluding tert-OH is 2. The molecule has 0 aliphatic carbocycles. The SMILES string of the molecule is C[C@@H](O)c1cc([N+](=O)[O-])ccc1OCCCCCCO. The summed E-state index contributed by atoms with van der Waals surface area (Å²) in [7, 11) is 0. The standard InChI is InChI=1S/C14H21NO5/c1-11(17)13-10-12(15(18)19)6-7-14(13)20-9-5-3-2-4-8-16/h6-7,10-11,16-17H,2-5,8-9H2,1H3/t11-/m1/s1. The van der Waals surface area contributed by atoms with Crippen molar-refractivity contribution >= 4 is 5.69 Å². The summed E-state index contributed by atoms with van der Waals surface area (Å²) in [5.41, 5.74) is 0.366. The van der Waals surface area contributed by atoms with Crippen LogP contribution in [0.1, 0.15) is 44.3 Å². The maximum absolute atomic E-state index is 10.7. The van der Waals surface area contributed by atoms with E-state index in [-0.39, 0.29) is 12.3 Å². The zero-order chi connectivity index (χ0) is 15.0. The van der Waals surface area contributed by atoms with Crippen molar-refractivity contribution in [1.29, 1.82) is 0 Å². The van der Waals surface area contributed by atoms with Crippen molar-refractivity contribution in [2.45, 2.75) is 38.7 Å². The Balaban J connectivity index is 2.58. The van der Waals surface area contributed by atoms with E-state index in [1.807, 2.05) is 0 Å². The number of unbranched alkanes of at least 4 members (excludes halogenated alkanes) is 3. The molecule has 1 aromatic carbocycles. The van der Waals surface area contributed by atoms with Crippen molar-refractivity contribution in [3.63, 3.8) is 0 Å². The van der Waals surface area contributed by atoms with E-state index in [0.29, 0.717) is 17.9 Å². The molecule has 6 heteroatoms. The zero-order valence-electron chi connectivity index (χ0n) is 11.6. The number of aliphatic hydroxyl groups is 2. The summed E-state index contributed by atoms with van der Waals surface area (Å²) in [4.78, 5) is 10.2. The smallest absolute Gasteiger partial charge is 0.270 e. The molecular formula is C14H21NO5. The van der Waals surface area contributed by atoms with Crippen molar-refractivity contribution in [2.24, 2.45) is 0 Å². The van der Waals surface area contributed by atoms with Crippen LogP contribution in [-0.4, -0.2) is 28.4 Å². The molecule has 0 aliphatic rings. The van der Waals surface area contributed by atoms with Crippen molar-refractivity contribution < 1.29 is 19.9 Å². The molecule has 1 aromatic rings. The Morgan fingerprint density at radius 2 is 2.00 bits per heavy atom. The molecule has 0 saturated heterocycles. The van der Waals surface area contributed by atoms with E-state index < -0.39 is 11.0 Å². The number of ether oxygens (including phenoxy) is 1. The second kappa shape index (κ2) is 8.50. The molecule has 1 rings (SSSR count). The van der Waals surface area contributed by atoms with E-state index in [4.69, 9.17) is 9.84 Å². The summed E-state index contributed by atoms with van der Waals surface area (Å²) in [5, 5.41) is 29.0. The van der Waals surface area contributed by atoms with Crippen molar-refractivity contribution in [3.8, 4) is 5.75 Å². The average molecular weight is 283 g/mol. The fourth-order valence-corrected chi connectivity index (χ4v) is 1.86. The van der Waals surface area contributed by atoms with Gasteiger partial charge >= 0.3 is 0 Å². The van der Waals surface area contributed by atoms with E-state index in [1.165, 1.54) is 18.2 Å². The highest BCUT2D eigenvalue weighted by Gasteiger charge is 2.15. The molecule has 0 radical (unpaired) electrons. The van der Waals surface area contributed by atoms with E-state index >= 15 is 0 Å². The summed E-state index contributed by atoms with van der Waals surface area (Å²) in [6, 6.07) is 4.23. The summed E-state index contributed by atoms with van der Waals surface area (Å²) >= 11 is 0. The van der Waals surface area contributed by atoms with E-state index in [0.717, 1.165) is 25.7 Å². The van der Waals surface area contributed by atoms with Crippen LogP contribution in [0.15, 0.2) is 18.2 Å². The van der Waals surface area contributed by atoms with Gasteiger partial charge in [0.2, 0.25) is 0 Å². The second-order valence-corrected chi connectivity index (χ2v) is 4.64. The van der Waals surface area contributed by atoms with Gasteiger partial charge in [-0.05, 0) is 32.3 Å². The van der Waals surface area contributed by atoms with Crippen molar-refractivity contribution in [2.75, 3.05) is 13.2 Å². The summed E-state index contributed by atoms with van der Waals surface area (Å²) < 4.78 is 5.57. The molecule has 0 saturated carbocycles. The van der Waals surface area contributed by atoms with Gasteiger partial charge in [-0.15, -0.1) is 0 Å². The largest absolute Gasteiger partial charge is 0.493 e. The monoisotopic (exact) mass is 283 g/mol. The lowest BCUT2D eigenvalue weighted by Gasteiger charge is -2.13. The first-order valence-corrected chi connectivity index (χ1v) is 6.76. The Morgan fingerprint density at radius 3 is 2.60 bits per heavy atom. The highest BCUT2D eigenvalue weighted by molar-refractivity contribution is 5.44. The number of nitro benzene ring substituents is 1. The zero-order valence-corrected chi connectivity index (χ0v) is 11.6. The molecule has 0 aromatic heterocycles. The van der Waals surface area contributed by atoms with Gasteiger partial charge in [0.1, 0.15) is 5.75 Å². The predicted octanol–water partition coefficient (Wildman–Crippen LogP) is 2.58. The van der Waals surface area contributed by atoms with Crippen LogP contribution in [0.4, 0.5) is 5.69 Å². The van der Waals surface area contributed by atoms with E-state index in [9.17, 15) is 15.2 Å². The van der Waals surface area contributed by atoms with Gasteiger partial charge in [0.25, 0.3) is 5.69 Å². The Bertz CT molecular complexity index is 434. The molecule has 20 heavy (non-hydrogen) atoms. The van der Waals surface area contributed by atoms with Gasteiger partial charge in [-0.25, -0.2) is 0 Å². The van der Waals surface area contributed by atoms with Gasteiger partial charge in [0.15, 0.2) is 0 Å². The molecule has 0 aliphatic heterocycles. The summed E-state index contributed by atoms with van der Waals surface area (Å²) in [6.07, 6.45) is 2.72. The highest BCUT2D eigenvalue weighted by Crippen LogP contribution is 2.29. The quantitative estimate of drug-likeness (QED) is 0.413. The molecule has 1 atom stereocenters.